The van der Waals surface area contributed by atoms with Crippen molar-refractivity contribution in [1.82, 2.24) is 0 Å². The van der Waals surface area contributed by atoms with Crippen LogP contribution < -0.4 is 9.62 Å². The second-order valence-corrected chi connectivity index (χ2v) is 8.94. The van der Waals surface area contributed by atoms with Gasteiger partial charge >= 0.3 is 0 Å². The van der Waals surface area contributed by atoms with E-state index in [0.29, 0.717) is 23.7 Å². The first-order valence-electron chi connectivity index (χ1n) is 9.09. The summed E-state index contributed by atoms with van der Waals surface area (Å²) < 4.78 is 26.0. The Balaban J connectivity index is 2.26. The van der Waals surface area contributed by atoms with Gasteiger partial charge in [-0.05, 0) is 48.1 Å². The summed E-state index contributed by atoms with van der Waals surface area (Å²) in [4.78, 5) is 12.6. The van der Waals surface area contributed by atoms with E-state index >= 15 is 0 Å². The third-order valence-electron chi connectivity index (χ3n) is 4.50. The molecule has 0 aliphatic heterocycles. The normalized spacial score (nSPS) is 11.5. The van der Waals surface area contributed by atoms with Crippen molar-refractivity contribution < 1.29 is 13.2 Å². The smallest absolute Gasteiger partial charge is 0.245 e. The van der Waals surface area contributed by atoms with Crippen molar-refractivity contribution in [2.24, 2.45) is 0 Å². The SMILES string of the molecule is CCc1cccc(C)c1N(CC(=O)Nc1ccc(C(C)C)cc1)S(C)(=O)=O. The maximum absolute atomic E-state index is 12.6. The molecule has 0 unspecified atom stereocenters. The van der Waals surface area contributed by atoms with Crippen LogP contribution >= 0.6 is 0 Å². The summed E-state index contributed by atoms with van der Waals surface area (Å²) in [5.74, 6) is 0.0343. The Morgan fingerprint density at radius 1 is 1.11 bits per heavy atom. The van der Waals surface area contributed by atoms with Crippen LogP contribution in [0.5, 0.6) is 0 Å². The van der Waals surface area contributed by atoms with Gasteiger partial charge in [0.2, 0.25) is 15.9 Å². The van der Waals surface area contributed by atoms with E-state index in [9.17, 15) is 13.2 Å². The molecule has 2 aromatic rings. The summed E-state index contributed by atoms with van der Waals surface area (Å²) in [6.07, 6.45) is 1.81. The number of sulfonamides is 1. The summed E-state index contributed by atoms with van der Waals surface area (Å²) in [5, 5.41) is 2.79. The Labute approximate surface area is 162 Å². The number of amides is 1. The molecule has 0 saturated carbocycles. The highest BCUT2D eigenvalue weighted by molar-refractivity contribution is 7.92. The Hall–Kier alpha value is -2.34. The lowest BCUT2D eigenvalue weighted by atomic mass is 10.0. The Morgan fingerprint density at radius 3 is 2.26 bits per heavy atom. The molecule has 2 aromatic carbocycles. The van der Waals surface area contributed by atoms with E-state index in [-0.39, 0.29) is 12.5 Å². The van der Waals surface area contributed by atoms with E-state index in [4.69, 9.17) is 0 Å². The molecule has 0 heterocycles. The summed E-state index contributed by atoms with van der Waals surface area (Å²) in [7, 11) is -3.61. The quantitative estimate of drug-likeness (QED) is 0.777. The van der Waals surface area contributed by atoms with Gasteiger partial charge in [-0.1, -0.05) is 51.1 Å². The van der Waals surface area contributed by atoms with Crippen molar-refractivity contribution in [3.63, 3.8) is 0 Å². The number of anilines is 2. The van der Waals surface area contributed by atoms with E-state index in [0.717, 1.165) is 17.4 Å². The maximum Gasteiger partial charge on any atom is 0.245 e. The molecule has 0 fully saturated rings. The molecule has 0 spiro atoms. The van der Waals surface area contributed by atoms with Crippen LogP contribution in [0.4, 0.5) is 11.4 Å². The van der Waals surface area contributed by atoms with E-state index in [1.807, 2.05) is 56.3 Å². The van der Waals surface area contributed by atoms with Crippen LogP contribution in [-0.2, 0) is 21.2 Å². The first-order valence-corrected chi connectivity index (χ1v) is 10.9. The molecule has 0 aliphatic rings. The van der Waals surface area contributed by atoms with Crippen LogP contribution in [0.1, 0.15) is 43.4 Å². The van der Waals surface area contributed by atoms with E-state index in [1.54, 1.807) is 0 Å². The number of aryl methyl sites for hydroxylation is 2. The van der Waals surface area contributed by atoms with Gasteiger partial charge in [0.25, 0.3) is 0 Å². The number of nitrogens with one attached hydrogen (secondary N) is 1. The molecule has 2 rings (SSSR count). The van der Waals surface area contributed by atoms with Gasteiger partial charge in [-0.3, -0.25) is 9.10 Å². The molecule has 27 heavy (non-hydrogen) atoms. The zero-order valence-corrected chi connectivity index (χ0v) is 17.4. The number of hydrogen-bond donors (Lipinski definition) is 1. The number of carbonyl (C=O) groups excluding carboxylic acids is 1. The number of hydrogen-bond acceptors (Lipinski definition) is 3. The second kappa shape index (κ2) is 8.57. The van der Waals surface area contributed by atoms with Crippen LogP contribution in [0.2, 0.25) is 0 Å². The molecule has 0 aliphatic carbocycles. The minimum atomic E-state index is -3.61. The number of benzene rings is 2. The fraction of sp³-hybridized carbons (Fsp3) is 0.381. The molecule has 0 radical (unpaired) electrons. The third kappa shape index (κ3) is 5.32. The van der Waals surface area contributed by atoms with Crippen LogP contribution in [0.25, 0.3) is 0 Å². The molecule has 1 N–H and O–H groups in total. The molecule has 146 valence electrons. The second-order valence-electron chi connectivity index (χ2n) is 7.03. The van der Waals surface area contributed by atoms with Crippen molar-refractivity contribution in [3.8, 4) is 0 Å². The molecule has 1 amide bonds. The van der Waals surface area contributed by atoms with Crippen LogP contribution in [-0.4, -0.2) is 27.1 Å². The number of nitrogens with zero attached hydrogens (tertiary/aromatic N) is 1. The van der Waals surface area contributed by atoms with E-state index in [1.165, 1.54) is 9.87 Å². The van der Waals surface area contributed by atoms with Crippen molar-refractivity contribution in [2.45, 2.75) is 40.0 Å². The van der Waals surface area contributed by atoms with Crippen LogP contribution in [0.15, 0.2) is 42.5 Å². The lowest BCUT2D eigenvalue weighted by Gasteiger charge is -2.26. The van der Waals surface area contributed by atoms with Gasteiger partial charge in [0.05, 0.1) is 11.9 Å². The van der Waals surface area contributed by atoms with Crippen molar-refractivity contribution in [1.29, 1.82) is 0 Å². The van der Waals surface area contributed by atoms with Crippen molar-refractivity contribution in [2.75, 3.05) is 22.4 Å². The van der Waals surface area contributed by atoms with Gasteiger partial charge in [-0.15, -0.1) is 0 Å². The average molecular weight is 389 g/mol. The topological polar surface area (TPSA) is 66.5 Å². The van der Waals surface area contributed by atoms with E-state index < -0.39 is 10.0 Å². The Kier molecular flexibility index (Phi) is 6.65. The fourth-order valence-corrected chi connectivity index (χ4v) is 3.95. The predicted octanol–water partition coefficient (Wildman–Crippen LogP) is 4.09. The largest absolute Gasteiger partial charge is 0.325 e. The van der Waals surface area contributed by atoms with Gasteiger partial charge in [0, 0.05) is 5.69 Å². The van der Waals surface area contributed by atoms with Crippen molar-refractivity contribution in [3.05, 3.63) is 59.2 Å². The number of rotatable bonds is 7. The highest BCUT2D eigenvalue weighted by Crippen LogP contribution is 2.28. The van der Waals surface area contributed by atoms with Crippen molar-refractivity contribution >= 4 is 27.3 Å². The predicted molar refractivity (Wildman–Crippen MR) is 112 cm³/mol. The molecule has 0 bridgehead atoms. The maximum atomic E-state index is 12.6. The van der Waals surface area contributed by atoms with Gasteiger partial charge in [-0.2, -0.15) is 0 Å². The lowest BCUT2D eigenvalue weighted by molar-refractivity contribution is -0.114. The molecule has 5 nitrogen and oxygen atoms in total. The minimum absolute atomic E-state index is 0.261. The van der Waals surface area contributed by atoms with Gasteiger partial charge in [0.15, 0.2) is 0 Å². The summed E-state index contributed by atoms with van der Waals surface area (Å²) in [5.41, 5.74) is 4.15. The lowest BCUT2D eigenvalue weighted by Crippen LogP contribution is -2.38. The molecule has 0 saturated heterocycles. The molecule has 0 aromatic heterocycles. The highest BCUT2D eigenvalue weighted by Gasteiger charge is 2.24. The fourth-order valence-electron chi connectivity index (χ4n) is 3.01. The van der Waals surface area contributed by atoms with Gasteiger partial charge in [0.1, 0.15) is 6.54 Å². The summed E-state index contributed by atoms with van der Waals surface area (Å²) in [6, 6.07) is 13.2. The van der Waals surface area contributed by atoms with Gasteiger partial charge < -0.3 is 5.32 Å². The monoisotopic (exact) mass is 388 g/mol. The number of carbonyl (C=O) groups is 1. The summed E-state index contributed by atoms with van der Waals surface area (Å²) >= 11 is 0. The Morgan fingerprint density at radius 2 is 1.74 bits per heavy atom. The highest BCUT2D eigenvalue weighted by atomic mass is 32.2. The number of para-hydroxylation sites is 1. The third-order valence-corrected chi connectivity index (χ3v) is 5.61. The zero-order valence-electron chi connectivity index (χ0n) is 16.6. The molecular weight excluding hydrogens is 360 g/mol. The standard InChI is InChI=1S/C21H28N2O3S/c1-6-17-9-7-8-16(4)21(17)23(27(5,25)26)14-20(24)22-19-12-10-18(11-13-19)15(2)3/h7-13,15H,6,14H2,1-5H3,(H,22,24). The Bertz CT molecular complexity index is 904. The molecular formula is C21H28N2O3S. The van der Waals surface area contributed by atoms with E-state index in [2.05, 4.69) is 19.2 Å². The zero-order chi connectivity index (χ0) is 20.2. The minimum Gasteiger partial charge on any atom is -0.325 e. The summed E-state index contributed by atoms with van der Waals surface area (Å²) in [6.45, 7) is 7.77. The first kappa shape index (κ1) is 21.0. The van der Waals surface area contributed by atoms with Crippen LogP contribution in [0.3, 0.4) is 0 Å². The molecule has 6 heteroatoms. The molecule has 0 atom stereocenters. The first-order chi connectivity index (χ1) is 12.6. The van der Waals surface area contributed by atoms with Crippen LogP contribution in [0, 0.1) is 6.92 Å². The average Bonchev–Trinajstić information content (AvgIpc) is 2.59. The van der Waals surface area contributed by atoms with Gasteiger partial charge in [-0.25, -0.2) is 8.42 Å².